The van der Waals surface area contributed by atoms with Gasteiger partial charge in [-0.1, -0.05) is 0 Å². The highest BCUT2D eigenvalue weighted by Gasteiger charge is 2.34. The lowest BCUT2D eigenvalue weighted by molar-refractivity contribution is 0.0646. The first-order chi connectivity index (χ1) is 16.2. The highest BCUT2D eigenvalue weighted by molar-refractivity contribution is 7.10. The monoisotopic (exact) mass is 493 g/mol. The van der Waals surface area contributed by atoms with Gasteiger partial charge >= 0.3 is 0 Å². The molecule has 1 aliphatic heterocycles. The number of methoxy groups -OCH3 is 1. The Morgan fingerprint density at radius 1 is 1.18 bits per heavy atom. The fourth-order valence-electron chi connectivity index (χ4n) is 4.12. The molecule has 5 rings (SSSR count). The number of amides is 1. The van der Waals surface area contributed by atoms with Gasteiger partial charge in [0, 0.05) is 45.6 Å². The smallest absolute Gasteiger partial charge is 0.274 e. The van der Waals surface area contributed by atoms with E-state index in [2.05, 4.69) is 24.4 Å². The van der Waals surface area contributed by atoms with Crippen molar-refractivity contribution in [2.45, 2.75) is 39.8 Å². The zero-order chi connectivity index (χ0) is 24.2. The van der Waals surface area contributed by atoms with Crippen molar-refractivity contribution < 1.29 is 14.3 Å². The van der Waals surface area contributed by atoms with E-state index in [1.807, 2.05) is 55.4 Å². The fraction of sp³-hybridized carbons (Fsp3) is 0.308. The Hall–Kier alpha value is -3.10. The van der Waals surface area contributed by atoms with Crippen LogP contribution in [0.1, 0.15) is 41.7 Å². The largest absolute Gasteiger partial charge is 0.496 e. The number of hydrogen-bond donors (Lipinski definition) is 0. The molecule has 8 heteroatoms. The van der Waals surface area contributed by atoms with Crippen molar-refractivity contribution in [2.24, 2.45) is 0 Å². The first-order valence-corrected chi connectivity index (χ1v) is 12.8. The van der Waals surface area contributed by atoms with Gasteiger partial charge in [-0.25, -0.2) is 4.68 Å². The maximum absolute atomic E-state index is 13.5. The molecule has 0 fully saturated rings. The van der Waals surface area contributed by atoms with Gasteiger partial charge in [-0.2, -0.15) is 16.4 Å². The quantitative estimate of drug-likeness (QED) is 0.330. The van der Waals surface area contributed by atoms with Gasteiger partial charge in [0.15, 0.2) is 5.69 Å². The zero-order valence-corrected chi connectivity index (χ0v) is 21.8. The second-order valence-electron chi connectivity index (χ2n) is 9.33. The number of rotatable bonds is 4. The Bertz CT molecular complexity index is 1380. The minimum atomic E-state index is -0.333. The lowest BCUT2D eigenvalue weighted by Gasteiger charge is -2.31. The van der Waals surface area contributed by atoms with Crippen LogP contribution in [0.3, 0.4) is 0 Å². The maximum atomic E-state index is 13.5. The summed E-state index contributed by atoms with van der Waals surface area (Å²) in [5, 5.41) is 11.0. The van der Waals surface area contributed by atoms with E-state index in [1.54, 1.807) is 34.7 Å². The van der Waals surface area contributed by atoms with Gasteiger partial charge in [0.1, 0.15) is 18.1 Å². The van der Waals surface area contributed by atoms with E-state index in [9.17, 15) is 4.79 Å². The number of nitrogens with zero attached hydrogens (tertiary/aromatic N) is 3. The van der Waals surface area contributed by atoms with Crippen molar-refractivity contribution in [3.63, 3.8) is 0 Å². The summed E-state index contributed by atoms with van der Waals surface area (Å²) < 4.78 is 13.8. The van der Waals surface area contributed by atoms with Crippen LogP contribution in [-0.4, -0.2) is 40.3 Å². The summed E-state index contributed by atoms with van der Waals surface area (Å²) in [4.78, 5) is 16.5. The van der Waals surface area contributed by atoms with Crippen molar-refractivity contribution in [2.75, 3.05) is 14.2 Å². The van der Waals surface area contributed by atoms with Gasteiger partial charge in [0.05, 0.1) is 18.5 Å². The van der Waals surface area contributed by atoms with Crippen molar-refractivity contribution in [3.05, 3.63) is 56.5 Å². The summed E-state index contributed by atoms with van der Waals surface area (Å²) in [7, 11) is 3.49. The Balaban J connectivity index is 1.76. The van der Waals surface area contributed by atoms with Crippen LogP contribution in [0.2, 0.25) is 0 Å². The van der Waals surface area contributed by atoms with Gasteiger partial charge in [-0.05, 0) is 62.2 Å². The molecule has 1 amide bonds. The van der Waals surface area contributed by atoms with Crippen molar-refractivity contribution in [3.8, 4) is 39.6 Å². The van der Waals surface area contributed by atoms with Gasteiger partial charge in [0.25, 0.3) is 5.91 Å². The summed E-state index contributed by atoms with van der Waals surface area (Å²) in [5.74, 6) is 1.36. The summed E-state index contributed by atoms with van der Waals surface area (Å²) in [6.45, 7) is 8.42. The normalized spacial score (nSPS) is 12.6. The molecule has 0 saturated carbocycles. The molecule has 0 saturated heterocycles. The van der Waals surface area contributed by atoms with Gasteiger partial charge in [-0.3, -0.25) is 4.79 Å². The second kappa shape index (κ2) is 8.29. The molecule has 34 heavy (non-hydrogen) atoms. The number of hydrogen-bond acceptors (Lipinski definition) is 6. The van der Waals surface area contributed by atoms with E-state index in [1.165, 1.54) is 4.88 Å². The SMILES string of the molecule is COc1cc2c(cc1-c1ccsc1C)-c1c(c(C(=O)N(C)C(C)(C)C)nn1-c1ccsc1)CO2. The zero-order valence-electron chi connectivity index (χ0n) is 20.1. The summed E-state index contributed by atoms with van der Waals surface area (Å²) >= 11 is 3.30. The van der Waals surface area contributed by atoms with E-state index >= 15 is 0 Å². The van der Waals surface area contributed by atoms with Crippen LogP contribution in [0.25, 0.3) is 28.1 Å². The standard InChI is InChI=1S/C26H27N3O3S2/c1-15-17(8-10-34-15)18-11-19-22(12-21(18)31-6)32-13-20-23(25(30)28(5)26(2,3)4)27-29(24(19)20)16-7-9-33-14-16/h7-12,14H,13H2,1-6H3. The number of aromatic nitrogens is 2. The summed E-state index contributed by atoms with van der Waals surface area (Å²) in [6.07, 6.45) is 0. The lowest BCUT2D eigenvalue weighted by atomic mass is 9.96. The molecule has 0 atom stereocenters. The predicted octanol–water partition coefficient (Wildman–Crippen LogP) is 6.41. The Morgan fingerprint density at radius 2 is 1.97 bits per heavy atom. The minimum absolute atomic E-state index is 0.118. The molecule has 1 aromatic carbocycles. The number of thiophene rings is 2. The molecule has 0 spiro atoms. The van der Waals surface area contributed by atoms with Crippen LogP contribution in [0.5, 0.6) is 11.5 Å². The Kier molecular flexibility index (Phi) is 5.53. The average molecular weight is 494 g/mol. The summed E-state index contributed by atoms with van der Waals surface area (Å²) in [6, 6.07) is 8.17. The molecule has 1 aliphatic rings. The molecule has 176 valence electrons. The van der Waals surface area contributed by atoms with Crippen LogP contribution < -0.4 is 9.47 Å². The molecule has 0 unspecified atom stereocenters. The third kappa shape index (κ3) is 3.61. The van der Waals surface area contributed by atoms with Gasteiger partial charge in [-0.15, -0.1) is 11.3 Å². The number of carbonyl (C=O) groups is 1. The van der Waals surface area contributed by atoms with Crippen LogP contribution in [-0.2, 0) is 6.61 Å². The number of benzene rings is 1. The number of ether oxygens (including phenoxy) is 2. The number of fused-ring (bicyclic) bond motifs is 3. The molecule has 4 heterocycles. The fourth-order valence-corrected chi connectivity index (χ4v) is 5.45. The molecule has 0 N–H and O–H groups in total. The van der Waals surface area contributed by atoms with Crippen LogP contribution in [0.4, 0.5) is 0 Å². The van der Waals surface area contributed by atoms with Crippen LogP contribution >= 0.6 is 22.7 Å². The summed E-state index contributed by atoms with van der Waals surface area (Å²) in [5.41, 5.74) is 5.74. The molecular weight excluding hydrogens is 466 g/mol. The highest BCUT2D eigenvalue weighted by Crippen LogP contribution is 2.47. The van der Waals surface area contributed by atoms with Crippen LogP contribution in [0.15, 0.2) is 40.4 Å². The molecule has 4 aromatic rings. The number of aryl methyl sites for hydroxylation is 1. The van der Waals surface area contributed by atoms with Crippen molar-refractivity contribution >= 4 is 28.6 Å². The first kappa shape index (κ1) is 22.7. The van der Waals surface area contributed by atoms with Crippen LogP contribution in [0, 0.1) is 6.92 Å². The topological polar surface area (TPSA) is 56.6 Å². The Labute approximate surface area is 207 Å². The third-order valence-corrected chi connectivity index (χ3v) is 7.84. The van der Waals surface area contributed by atoms with E-state index < -0.39 is 0 Å². The molecule has 0 bridgehead atoms. The minimum Gasteiger partial charge on any atom is -0.496 e. The maximum Gasteiger partial charge on any atom is 0.274 e. The Morgan fingerprint density at radius 3 is 2.59 bits per heavy atom. The molecular formula is C26H27N3O3S2. The van der Waals surface area contributed by atoms with E-state index in [0.717, 1.165) is 45.1 Å². The molecule has 0 aliphatic carbocycles. The molecule has 0 radical (unpaired) electrons. The van der Waals surface area contributed by atoms with E-state index in [-0.39, 0.29) is 18.1 Å². The number of carbonyl (C=O) groups excluding carboxylic acids is 1. The van der Waals surface area contributed by atoms with Crippen molar-refractivity contribution in [1.82, 2.24) is 14.7 Å². The second-order valence-corrected chi connectivity index (χ2v) is 11.2. The highest BCUT2D eigenvalue weighted by atomic mass is 32.1. The van der Waals surface area contributed by atoms with E-state index in [0.29, 0.717) is 5.69 Å². The van der Waals surface area contributed by atoms with Gasteiger partial charge < -0.3 is 14.4 Å². The third-order valence-electron chi connectivity index (χ3n) is 6.33. The van der Waals surface area contributed by atoms with Gasteiger partial charge in [0.2, 0.25) is 0 Å². The van der Waals surface area contributed by atoms with E-state index in [4.69, 9.17) is 14.6 Å². The van der Waals surface area contributed by atoms with Crippen molar-refractivity contribution in [1.29, 1.82) is 0 Å². The molecule has 3 aromatic heterocycles. The average Bonchev–Trinajstić information content (AvgIpc) is 3.55. The predicted molar refractivity (Wildman–Crippen MR) is 138 cm³/mol. The molecule has 6 nitrogen and oxygen atoms in total. The first-order valence-electron chi connectivity index (χ1n) is 11.0. The lowest BCUT2D eigenvalue weighted by Crippen LogP contribution is -2.43.